The summed E-state index contributed by atoms with van der Waals surface area (Å²) >= 11 is 0. The first kappa shape index (κ1) is 24.5. The number of nitriles is 1. The third-order valence-electron chi connectivity index (χ3n) is 5.59. The molecule has 158 valence electrons. The highest BCUT2D eigenvalue weighted by Crippen LogP contribution is 2.31. The van der Waals surface area contributed by atoms with Crippen LogP contribution >= 0.6 is 0 Å². The normalized spacial score (nSPS) is 21.7. The average Bonchev–Trinajstić information content (AvgIpc) is 2.71. The second-order valence-electron chi connectivity index (χ2n) is 8.14. The van der Waals surface area contributed by atoms with Gasteiger partial charge in [-0.05, 0) is 44.4 Å². The van der Waals surface area contributed by atoms with Crippen LogP contribution in [0.4, 0.5) is 0 Å². The Kier molecular flexibility index (Phi) is 14.3. The van der Waals surface area contributed by atoms with Gasteiger partial charge in [0, 0.05) is 12.3 Å². The maximum Gasteiger partial charge on any atom is 0.305 e. The minimum absolute atomic E-state index is 0.0408. The summed E-state index contributed by atoms with van der Waals surface area (Å²) in [4.78, 5) is 11.5. The third kappa shape index (κ3) is 11.3. The molecule has 1 rings (SSSR count). The van der Waals surface area contributed by atoms with Gasteiger partial charge < -0.3 is 4.74 Å². The molecule has 0 aromatic carbocycles. The van der Waals surface area contributed by atoms with E-state index in [9.17, 15) is 10.1 Å². The van der Waals surface area contributed by atoms with Crippen LogP contribution in [0.25, 0.3) is 0 Å². The van der Waals surface area contributed by atoms with Crippen LogP contribution in [0.5, 0.6) is 0 Å². The molecule has 0 spiro atoms. The summed E-state index contributed by atoms with van der Waals surface area (Å²) in [6.07, 6.45) is 23.1. The van der Waals surface area contributed by atoms with E-state index in [4.69, 9.17) is 4.74 Å². The van der Waals surface area contributed by atoms with Crippen LogP contribution in [0.1, 0.15) is 97.3 Å². The molecule has 3 nitrogen and oxygen atoms in total. The zero-order chi connectivity index (χ0) is 20.5. The van der Waals surface area contributed by atoms with Crippen LogP contribution in [0.3, 0.4) is 0 Å². The number of unbranched alkanes of at least 4 members (excludes halogenated alkanes) is 7. The topological polar surface area (TPSA) is 50.1 Å². The molecule has 0 fully saturated rings. The first-order valence-corrected chi connectivity index (χ1v) is 11.6. The molecule has 3 heteroatoms. The van der Waals surface area contributed by atoms with E-state index in [1.165, 1.54) is 38.5 Å². The highest BCUT2D eigenvalue weighted by atomic mass is 16.5. The van der Waals surface area contributed by atoms with Gasteiger partial charge in [-0.15, -0.1) is 0 Å². The van der Waals surface area contributed by atoms with Crippen molar-refractivity contribution >= 4 is 5.97 Å². The number of hydrogen-bond acceptors (Lipinski definition) is 3. The Labute approximate surface area is 173 Å². The lowest BCUT2D eigenvalue weighted by Crippen LogP contribution is -2.18. The molecule has 0 saturated heterocycles. The Morgan fingerprint density at radius 3 is 2.57 bits per heavy atom. The smallest absolute Gasteiger partial charge is 0.305 e. The van der Waals surface area contributed by atoms with Gasteiger partial charge in [-0.25, -0.2) is 0 Å². The van der Waals surface area contributed by atoms with Crippen molar-refractivity contribution in [3.05, 3.63) is 24.3 Å². The lowest BCUT2D eigenvalue weighted by atomic mass is 9.78. The lowest BCUT2D eigenvalue weighted by Gasteiger charge is -2.25. The van der Waals surface area contributed by atoms with E-state index in [0.29, 0.717) is 24.9 Å². The Bertz CT molecular complexity index is 503. The highest BCUT2D eigenvalue weighted by Gasteiger charge is 2.24. The van der Waals surface area contributed by atoms with Crippen molar-refractivity contribution in [2.24, 2.45) is 17.8 Å². The molecule has 0 heterocycles. The molecule has 0 bridgehead atoms. The van der Waals surface area contributed by atoms with E-state index in [2.05, 4.69) is 44.2 Å². The van der Waals surface area contributed by atoms with Crippen molar-refractivity contribution in [3.63, 3.8) is 0 Å². The molecular weight excluding hydrogens is 346 g/mol. The zero-order valence-corrected chi connectivity index (χ0v) is 18.2. The number of nitrogens with zero attached hydrogens (tertiary/aromatic N) is 1. The maximum atomic E-state index is 11.5. The van der Waals surface area contributed by atoms with Gasteiger partial charge in [0.15, 0.2) is 0 Å². The Balaban J connectivity index is 2.08. The van der Waals surface area contributed by atoms with Crippen LogP contribution in [-0.4, -0.2) is 12.6 Å². The molecule has 28 heavy (non-hydrogen) atoms. The van der Waals surface area contributed by atoms with Crippen LogP contribution in [0.15, 0.2) is 24.3 Å². The molecule has 0 unspecified atom stereocenters. The fraction of sp³-hybridized carbons (Fsp3) is 0.760. The van der Waals surface area contributed by atoms with Crippen LogP contribution in [0, 0.1) is 29.1 Å². The number of ether oxygens (including phenoxy) is 1. The van der Waals surface area contributed by atoms with E-state index < -0.39 is 0 Å². The van der Waals surface area contributed by atoms with Gasteiger partial charge in [-0.2, -0.15) is 5.26 Å². The van der Waals surface area contributed by atoms with Gasteiger partial charge in [0.2, 0.25) is 0 Å². The van der Waals surface area contributed by atoms with Crippen molar-refractivity contribution in [1.82, 2.24) is 0 Å². The Morgan fingerprint density at radius 2 is 1.82 bits per heavy atom. The molecule has 1 aliphatic carbocycles. The van der Waals surface area contributed by atoms with Crippen molar-refractivity contribution < 1.29 is 9.53 Å². The monoisotopic (exact) mass is 387 g/mol. The summed E-state index contributed by atoms with van der Waals surface area (Å²) in [5.41, 5.74) is 0. The van der Waals surface area contributed by atoms with E-state index in [0.717, 1.165) is 38.5 Å². The second kappa shape index (κ2) is 16.4. The Morgan fingerprint density at radius 1 is 1.07 bits per heavy atom. The summed E-state index contributed by atoms with van der Waals surface area (Å²) in [5, 5.41) is 9.48. The lowest BCUT2D eigenvalue weighted by molar-refractivity contribution is -0.143. The van der Waals surface area contributed by atoms with Gasteiger partial charge in [0.25, 0.3) is 0 Å². The van der Waals surface area contributed by atoms with Crippen molar-refractivity contribution in [2.45, 2.75) is 97.3 Å². The molecule has 0 aromatic rings. The van der Waals surface area contributed by atoms with Gasteiger partial charge in [0.1, 0.15) is 0 Å². The Hall–Kier alpha value is -1.56. The van der Waals surface area contributed by atoms with E-state index in [1.54, 1.807) is 0 Å². The molecule has 1 aliphatic rings. The molecule has 0 aliphatic heterocycles. The average molecular weight is 388 g/mol. The van der Waals surface area contributed by atoms with Crippen molar-refractivity contribution in [1.29, 1.82) is 5.26 Å². The molecule has 0 aromatic heterocycles. The molecule has 0 radical (unpaired) electrons. The molecule has 3 atom stereocenters. The molecule has 0 N–H and O–H groups in total. The number of allylic oxidation sites excluding steroid dienone is 4. The quantitative estimate of drug-likeness (QED) is 0.170. The summed E-state index contributed by atoms with van der Waals surface area (Å²) in [5.74, 6) is 0.987. The maximum absolute atomic E-state index is 11.5. The van der Waals surface area contributed by atoms with Gasteiger partial charge in [0.05, 0.1) is 18.6 Å². The standard InChI is InChI=1S/C25H41NO2/c1-3-5-14-22-17-18-23(24(20-22)21-26)15-12-10-8-7-9-11-13-16-25(27)28-19-6-4-2/h12,15,17-18,22-24H,3-11,13-14,16,19-20H2,1-2H3/b15-12+/t22-,23+,24+/m0/s1. The van der Waals surface area contributed by atoms with Crippen molar-refractivity contribution in [2.75, 3.05) is 6.61 Å². The summed E-state index contributed by atoms with van der Waals surface area (Å²) in [6.45, 7) is 4.90. The minimum atomic E-state index is -0.0408. The van der Waals surface area contributed by atoms with Gasteiger partial charge in [-0.3, -0.25) is 4.79 Å². The first-order chi connectivity index (χ1) is 13.7. The molecular formula is C25H41NO2. The van der Waals surface area contributed by atoms with Crippen LogP contribution in [0.2, 0.25) is 0 Å². The first-order valence-electron chi connectivity index (χ1n) is 11.6. The largest absolute Gasteiger partial charge is 0.466 e. The number of carbonyl (C=O) groups is 1. The highest BCUT2D eigenvalue weighted by molar-refractivity contribution is 5.69. The SMILES string of the molecule is CCCCOC(=O)CCCCCCC/C=C/[C@@H]1C=C[C@H](CCCC)C[C@@H]1C#N. The summed E-state index contributed by atoms with van der Waals surface area (Å²) in [7, 11) is 0. The van der Waals surface area contributed by atoms with Crippen molar-refractivity contribution in [3.8, 4) is 6.07 Å². The van der Waals surface area contributed by atoms with E-state index in [1.807, 2.05) is 0 Å². The zero-order valence-electron chi connectivity index (χ0n) is 18.2. The van der Waals surface area contributed by atoms with Crippen LogP contribution < -0.4 is 0 Å². The number of esters is 1. The number of rotatable bonds is 15. The predicted octanol–water partition coefficient (Wildman–Crippen LogP) is 7.14. The van der Waals surface area contributed by atoms with Gasteiger partial charge in [-0.1, -0.05) is 76.7 Å². The van der Waals surface area contributed by atoms with Gasteiger partial charge >= 0.3 is 5.97 Å². The summed E-state index contributed by atoms with van der Waals surface area (Å²) < 4.78 is 5.17. The van der Waals surface area contributed by atoms with E-state index >= 15 is 0 Å². The molecule has 0 saturated carbocycles. The third-order valence-corrected chi connectivity index (χ3v) is 5.59. The second-order valence-corrected chi connectivity index (χ2v) is 8.14. The predicted molar refractivity (Wildman–Crippen MR) is 117 cm³/mol. The minimum Gasteiger partial charge on any atom is -0.466 e. The fourth-order valence-electron chi connectivity index (χ4n) is 3.72. The molecule has 0 amide bonds. The summed E-state index contributed by atoms with van der Waals surface area (Å²) in [6, 6.07) is 2.52. The number of carbonyl (C=O) groups excluding carboxylic acids is 1. The number of hydrogen-bond donors (Lipinski definition) is 0. The van der Waals surface area contributed by atoms with Crippen LogP contribution in [-0.2, 0) is 9.53 Å². The fourth-order valence-corrected chi connectivity index (χ4v) is 3.72. The van der Waals surface area contributed by atoms with E-state index in [-0.39, 0.29) is 11.9 Å².